The number of allylic oxidation sites excluding steroid dienone is 6. The van der Waals surface area contributed by atoms with Crippen molar-refractivity contribution in [3.8, 4) is 0 Å². The fraction of sp³-hybridized carbons (Fsp3) is 0.400. The second-order valence-electron chi connectivity index (χ2n) is 7.16. The Balaban J connectivity index is 1.91. The van der Waals surface area contributed by atoms with Gasteiger partial charge < -0.3 is 9.13 Å². The molecule has 30 heavy (non-hydrogen) atoms. The Kier molecular flexibility index (Phi) is 9.78. The van der Waals surface area contributed by atoms with Crippen molar-refractivity contribution in [2.75, 3.05) is 0 Å². The molecule has 0 atom stereocenters. The molecule has 0 saturated carbocycles. The van der Waals surface area contributed by atoms with Gasteiger partial charge in [-0.05, 0) is 50.0 Å². The van der Waals surface area contributed by atoms with Crippen molar-refractivity contribution in [2.45, 2.75) is 65.5 Å². The summed E-state index contributed by atoms with van der Waals surface area (Å²) in [7, 11) is 0. The van der Waals surface area contributed by atoms with Crippen LogP contribution in [0.4, 0.5) is 0 Å². The number of imidazole rings is 2. The minimum absolute atomic E-state index is 0.0593. The molecule has 2 aromatic rings. The normalized spacial score (nSPS) is 12.7. The number of carbonyl (C=O) groups is 1. The van der Waals surface area contributed by atoms with Gasteiger partial charge in [-0.1, -0.05) is 52.0 Å². The van der Waals surface area contributed by atoms with E-state index in [0.717, 1.165) is 37.3 Å². The predicted octanol–water partition coefficient (Wildman–Crippen LogP) is 6.21. The van der Waals surface area contributed by atoms with Gasteiger partial charge in [0, 0.05) is 36.9 Å². The first-order chi connectivity index (χ1) is 14.6. The first kappa shape index (κ1) is 23.3. The molecule has 0 spiro atoms. The third kappa shape index (κ3) is 6.55. The molecule has 2 heterocycles. The van der Waals surface area contributed by atoms with Crippen molar-refractivity contribution < 1.29 is 4.79 Å². The van der Waals surface area contributed by atoms with Crippen LogP contribution in [0.15, 0.2) is 61.2 Å². The van der Waals surface area contributed by atoms with Crippen LogP contribution in [0.1, 0.15) is 77.1 Å². The maximum absolute atomic E-state index is 12.0. The van der Waals surface area contributed by atoms with Crippen LogP contribution in [0.25, 0.3) is 12.2 Å². The third-order valence-electron chi connectivity index (χ3n) is 5.30. The third-order valence-corrected chi connectivity index (χ3v) is 5.30. The van der Waals surface area contributed by atoms with Gasteiger partial charge in [-0.15, -0.1) is 0 Å². The summed E-state index contributed by atoms with van der Waals surface area (Å²) >= 11 is 0. The molecule has 0 radical (unpaired) electrons. The smallest absolute Gasteiger partial charge is 0.178 e. The van der Waals surface area contributed by atoms with Crippen LogP contribution in [0.2, 0.25) is 0 Å². The molecule has 0 aliphatic heterocycles. The van der Waals surface area contributed by atoms with Crippen LogP contribution in [0.3, 0.4) is 0 Å². The molecule has 160 valence electrons. The van der Waals surface area contributed by atoms with Gasteiger partial charge in [-0.3, -0.25) is 4.79 Å². The molecule has 0 N–H and O–H groups in total. The highest BCUT2D eigenvalue weighted by atomic mass is 16.1. The number of ketones is 1. The Hall–Kier alpha value is -2.95. The summed E-state index contributed by atoms with van der Waals surface area (Å²) < 4.78 is 4.37. The number of hydrogen-bond donors (Lipinski definition) is 0. The number of nitrogens with zero attached hydrogens (tertiary/aromatic N) is 4. The lowest BCUT2D eigenvalue weighted by molar-refractivity contribution is -0.110. The lowest BCUT2D eigenvalue weighted by Gasteiger charge is -2.15. The van der Waals surface area contributed by atoms with Crippen molar-refractivity contribution in [3.63, 3.8) is 0 Å². The van der Waals surface area contributed by atoms with Crippen LogP contribution in [-0.2, 0) is 4.79 Å². The lowest BCUT2D eigenvalue weighted by Crippen LogP contribution is -2.07. The van der Waals surface area contributed by atoms with E-state index >= 15 is 0 Å². The summed E-state index contributed by atoms with van der Waals surface area (Å²) in [6.45, 7) is 8.72. The van der Waals surface area contributed by atoms with Crippen molar-refractivity contribution in [2.24, 2.45) is 0 Å². The largest absolute Gasteiger partial charge is 0.328 e. The van der Waals surface area contributed by atoms with E-state index in [1.54, 1.807) is 24.3 Å². The van der Waals surface area contributed by atoms with Crippen LogP contribution in [0, 0.1) is 0 Å². The zero-order chi connectivity index (χ0) is 21.8. The van der Waals surface area contributed by atoms with Crippen molar-refractivity contribution in [1.29, 1.82) is 0 Å². The van der Waals surface area contributed by atoms with Crippen LogP contribution in [0.5, 0.6) is 0 Å². The predicted molar refractivity (Wildman–Crippen MR) is 125 cm³/mol. The summed E-state index contributed by atoms with van der Waals surface area (Å²) in [5, 5.41) is 0. The van der Waals surface area contributed by atoms with Gasteiger partial charge in [-0.25, -0.2) is 9.97 Å². The number of rotatable bonds is 12. The molecule has 0 amide bonds. The van der Waals surface area contributed by atoms with Crippen molar-refractivity contribution in [3.05, 3.63) is 72.9 Å². The molecule has 0 aliphatic carbocycles. The zero-order valence-corrected chi connectivity index (χ0v) is 18.6. The molecule has 0 saturated heterocycles. The standard InChI is InChI=1S/C25H34N4O/c1-5-21(6-2)28-19-17-26-24(28)15-11-9-13-23(30)14-10-12-16-25-27-18-20-29(25)22(7-3)8-4/h9-22H,5-8H2,1-4H3/b13-9+,14-10+,15-11+,16-12+. The SMILES string of the molecule is CCC(CC)n1ccnc1/C=C/C=C/C(=O)/C=C/C=C/c1nccn1C(CC)CC. The van der Waals surface area contributed by atoms with E-state index in [2.05, 4.69) is 46.8 Å². The molecule has 2 aromatic heterocycles. The Morgan fingerprint density at radius 1 is 0.767 bits per heavy atom. The molecule has 2 rings (SSSR count). The van der Waals surface area contributed by atoms with E-state index < -0.39 is 0 Å². The first-order valence-corrected chi connectivity index (χ1v) is 10.9. The maximum atomic E-state index is 12.0. The molecular formula is C25H34N4O. The fourth-order valence-electron chi connectivity index (χ4n) is 3.53. The van der Waals surface area contributed by atoms with E-state index in [4.69, 9.17) is 0 Å². The van der Waals surface area contributed by atoms with Gasteiger partial charge in [0.05, 0.1) is 0 Å². The van der Waals surface area contributed by atoms with E-state index in [1.165, 1.54) is 0 Å². The van der Waals surface area contributed by atoms with Crippen molar-refractivity contribution >= 4 is 17.9 Å². The summed E-state index contributed by atoms with van der Waals surface area (Å²) in [4.78, 5) is 20.8. The van der Waals surface area contributed by atoms with Crippen molar-refractivity contribution in [1.82, 2.24) is 19.1 Å². The number of aromatic nitrogens is 4. The van der Waals surface area contributed by atoms with Gasteiger partial charge in [0.25, 0.3) is 0 Å². The summed E-state index contributed by atoms with van der Waals surface area (Å²) in [6.07, 6.45) is 26.1. The van der Waals surface area contributed by atoms with E-state index in [1.807, 2.05) is 49.1 Å². The average Bonchev–Trinajstić information content (AvgIpc) is 3.41. The molecule has 0 bridgehead atoms. The Morgan fingerprint density at radius 3 is 1.53 bits per heavy atom. The number of hydrogen-bond acceptors (Lipinski definition) is 3. The van der Waals surface area contributed by atoms with Gasteiger partial charge in [0.15, 0.2) is 5.78 Å². The highest BCUT2D eigenvalue weighted by Gasteiger charge is 2.09. The molecular weight excluding hydrogens is 372 g/mol. The molecule has 0 unspecified atom stereocenters. The van der Waals surface area contributed by atoms with Crippen LogP contribution in [-0.4, -0.2) is 24.9 Å². The monoisotopic (exact) mass is 406 g/mol. The second kappa shape index (κ2) is 12.6. The lowest BCUT2D eigenvalue weighted by atomic mass is 10.1. The fourth-order valence-corrected chi connectivity index (χ4v) is 3.53. The van der Waals surface area contributed by atoms with E-state index in [9.17, 15) is 4.79 Å². The second-order valence-corrected chi connectivity index (χ2v) is 7.16. The minimum atomic E-state index is -0.0593. The Bertz CT molecular complexity index is 818. The quantitative estimate of drug-likeness (QED) is 0.311. The van der Waals surface area contributed by atoms with Crippen LogP contribution >= 0.6 is 0 Å². The molecule has 5 heteroatoms. The highest BCUT2D eigenvalue weighted by Crippen LogP contribution is 2.19. The van der Waals surface area contributed by atoms with E-state index in [-0.39, 0.29) is 5.78 Å². The van der Waals surface area contributed by atoms with Gasteiger partial charge in [-0.2, -0.15) is 0 Å². The average molecular weight is 407 g/mol. The summed E-state index contributed by atoms with van der Waals surface area (Å²) in [5.74, 6) is 1.76. The Morgan fingerprint density at radius 2 is 1.17 bits per heavy atom. The summed E-state index contributed by atoms with van der Waals surface area (Å²) in [5.41, 5.74) is 0. The Labute approximate surface area is 180 Å². The summed E-state index contributed by atoms with van der Waals surface area (Å²) in [6, 6.07) is 0.904. The van der Waals surface area contributed by atoms with E-state index in [0.29, 0.717) is 12.1 Å². The topological polar surface area (TPSA) is 52.7 Å². The number of carbonyl (C=O) groups excluding carboxylic acids is 1. The van der Waals surface area contributed by atoms with Crippen LogP contribution < -0.4 is 0 Å². The zero-order valence-electron chi connectivity index (χ0n) is 18.6. The van der Waals surface area contributed by atoms with Gasteiger partial charge >= 0.3 is 0 Å². The minimum Gasteiger partial charge on any atom is -0.328 e. The first-order valence-electron chi connectivity index (χ1n) is 10.9. The molecule has 0 aromatic carbocycles. The molecule has 0 fully saturated rings. The van der Waals surface area contributed by atoms with Gasteiger partial charge in [0.2, 0.25) is 0 Å². The highest BCUT2D eigenvalue weighted by molar-refractivity contribution is 5.99. The van der Waals surface area contributed by atoms with Gasteiger partial charge in [0.1, 0.15) is 11.6 Å². The molecule has 0 aliphatic rings. The maximum Gasteiger partial charge on any atom is 0.178 e. The molecule has 5 nitrogen and oxygen atoms in total.